The zero-order valence-electron chi connectivity index (χ0n) is 11.8. The number of carbonyl (C=O) groups is 1. The van der Waals surface area contributed by atoms with Gasteiger partial charge in [0.15, 0.2) is 0 Å². The minimum absolute atomic E-state index is 0.0513. The first-order valence-electron chi connectivity index (χ1n) is 6.69. The van der Waals surface area contributed by atoms with Gasteiger partial charge in [-0.3, -0.25) is 4.79 Å². The van der Waals surface area contributed by atoms with Crippen LogP contribution in [0.25, 0.3) is 0 Å². The average Bonchev–Trinajstić information content (AvgIpc) is 2.36. The van der Waals surface area contributed by atoms with E-state index in [9.17, 15) is 4.79 Å². The van der Waals surface area contributed by atoms with Crippen LogP contribution in [0.2, 0.25) is 0 Å². The summed E-state index contributed by atoms with van der Waals surface area (Å²) < 4.78 is 0. The molecule has 1 aromatic carbocycles. The first-order valence-corrected chi connectivity index (χ1v) is 6.69. The lowest BCUT2D eigenvalue weighted by atomic mass is 10.0. The Hall–Kier alpha value is -1.51. The predicted octanol–water partition coefficient (Wildman–Crippen LogP) is 3.14. The fourth-order valence-corrected chi connectivity index (χ4v) is 1.83. The van der Waals surface area contributed by atoms with Crippen LogP contribution in [-0.4, -0.2) is 18.5 Å². The van der Waals surface area contributed by atoms with Gasteiger partial charge in [0.25, 0.3) is 0 Å². The number of rotatable bonds is 6. The number of hydrogen-bond acceptors (Lipinski definition) is 2. The number of nitrogens with one attached hydrogen (secondary N) is 2. The lowest BCUT2D eigenvalue weighted by Gasteiger charge is -2.19. The Kier molecular flexibility index (Phi) is 5.69. The smallest absolute Gasteiger partial charge is 0.242 e. The topological polar surface area (TPSA) is 41.1 Å². The zero-order chi connectivity index (χ0) is 13.5. The third-order valence-electron chi connectivity index (χ3n) is 2.90. The van der Waals surface area contributed by atoms with Gasteiger partial charge in [-0.05, 0) is 30.9 Å². The quantitative estimate of drug-likeness (QED) is 0.812. The van der Waals surface area contributed by atoms with Crippen molar-refractivity contribution in [1.82, 2.24) is 5.32 Å². The Morgan fingerprint density at radius 2 is 1.89 bits per heavy atom. The van der Waals surface area contributed by atoms with Crippen LogP contribution in [0.1, 0.15) is 45.6 Å². The van der Waals surface area contributed by atoms with E-state index in [2.05, 4.69) is 30.5 Å². The highest BCUT2D eigenvalue weighted by atomic mass is 16.2. The summed E-state index contributed by atoms with van der Waals surface area (Å²) in [5.41, 5.74) is 2.29. The molecule has 1 rings (SSSR count). The van der Waals surface area contributed by atoms with Crippen molar-refractivity contribution in [3.63, 3.8) is 0 Å². The molecule has 3 nitrogen and oxygen atoms in total. The van der Waals surface area contributed by atoms with Crippen LogP contribution in [0.3, 0.4) is 0 Å². The summed E-state index contributed by atoms with van der Waals surface area (Å²) >= 11 is 0. The van der Waals surface area contributed by atoms with E-state index in [1.54, 1.807) is 0 Å². The molecule has 1 aromatic rings. The van der Waals surface area contributed by atoms with E-state index >= 15 is 0 Å². The monoisotopic (exact) mass is 248 g/mol. The average molecular weight is 248 g/mol. The molecule has 0 saturated heterocycles. The van der Waals surface area contributed by atoms with Gasteiger partial charge in [0, 0.05) is 12.2 Å². The number of hydrogen-bond donors (Lipinski definition) is 2. The molecule has 0 spiro atoms. The molecule has 1 amide bonds. The van der Waals surface area contributed by atoms with Gasteiger partial charge in [0.05, 0.1) is 0 Å². The van der Waals surface area contributed by atoms with Gasteiger partial charge in [0.1, 0.15) is 6.04 Å². The summed E-state index contributed by atoms with van der Waals surface area (Å²) in [6, 6.07) is 7.94. The van der Waals surface area contributed by atoms with Crippen molar-refractivity contribution in [3.05, 3.63) is 29.8 Å². The molecule has 1 atom stereocenters. The summed E-state index contributed by atoms with van der Waals surface area (Å²) in [6.45, 7) is 8.98. The normalized spacial score (nSPS) is 12.3. The fourth-order valence-electron chi connectivity index (χ4n) is 1.83. The minimum atomic E-state index is -0.212. The standard InChI is InChI=1S/C15H24N2O/c1-5-10-16-15(18)12(4)17-14-9-7-6-8-13(14)11(2)3/h6-9,11-12,17H,5,10H2,1-4H3,(H,16,18). The maximum Gasteiger partial charge on any atom is 0.242 e. The van der Waals surface area contributed by atoms with Crippen LogP contribution < -0.4 is 10.6 Å². The maximum atomic E-state index is 11.8. The molecule has 100 valence electrons. The Morgan fingerprint density at radius 3 is 2.50 bits per heavy atom. The summed E-state index contributed by atoms with van der Waals surface area (Å²) in [5, 5.41) is 6.19. The number of anilines is 1. The van der Waals surface area contributed by atoms with Crippen molar-refractivity contribution in [2.75, 3.05) is 11.9 Å². The molecule has 18 heavy (non-hydrogen) atoms. The van der Waals surface area contributed by atoms with Crippen LogP contribution in [0.5, 0.6) is 0 Å². The molecular weight excluding hydrogens is 224 g/mol. The van der Waals surface area contributed by atoms with Crippen molar-refractivity contribution in [3.8, 4) is 0 Å². The largest absolute Gasteiger partial charge is 0.374 e. The first-order chi connectivity index (χ1) is 8.56. The molecule has 0 radical (unpaired) electrons. The zero-order valence-corrected chi connectivity index (χ0v) is 11.8. The highest BCUT2D eigenvalue weighted by molar-refractivity contribution is 5.84. The minimum Gasteiger partial charge on any atom is -0.374 e. The van der Waals surface area contributed by atoms with Crippen LogP contribution in [-0.2, 0) is 4.79 Å². The molecule has 0 aromatic heterocycles. The van der Waals surface area contributed by atoms with Gasteiger partial charge in [-0.1, -0.05) is 39.0 Å². The van der Waals surface area contributed by atoms with Crippen molar-refractivity contribution in [1.29, 1.82) is 0 Å². The highest BCUT2D eigenvalue weighted by Gasteiger charge is 2.14. The fraction of sp³-hybridized carbons (Fsp3) is 0.533. The second-order valence-electron chi connectivity index (χ2n) is 4.90. The second-order valence-corrected chi connectivity index (χ2v) is 4.90. The van der Waals surface area contributed by atoms with E-state index in [1.165, 1.54) is 5.56 Å². The van der Waals surface area contributed by atoms with Gasteiger partial charge >= 0.3 is 0 Å². The van der Waals surface area contributed by atoms with Gasteiger partial charge in [-0.15, -0.1) is 0 Å². The van der Waals surface area contributed by atoms with E-state index in [0.717, 1.165) is 18.7 Å². The highest BCUT2D eigenvalue weighted by Crippen LogP contribution is 2.24. The van der Waals surface area contributed by atoms with Crippen LogP contribution in [0.4, 0.5) is 5.69 Å². The van der Waals surface area contributed by atoms with E-state index in [4.69, 9.17) is 0 Å². The van der Waals surface area contributed by atoms with Crippen LogP contribution in [0.15, 0.2) is 24.3 Å². The predicted molar refractivity (Wildman–Crippen MR) is 76.9 cm³/mol. The lowest BCUT2D eigenvalue weighted by molar-refractivity contribution is -0.121. The number of amides is 1. The van der Waals surface area contributed by atoms with Crippen molar-refractivity contribution in [2.24, 2.45) is 0 Å². The van der Waals surface area contributed by atoms with Crippen molar-refractivity contribution < 1.29 is 4.79 Å². The first kappa shape index (κ1) is 14.6. The Labute approximate surface area is 110 Å². The third-order valence-corrected chi connectivity index (χ3v) is 2.90. The molecule has 3 heteroatoms. The second kappa shape index (κ2) is 7.04. The molecule has 0 heterocycles. The molecule has 0 aliphatic rings. The van der Waals surface area contributed by atoms with Crippen LogP contribution >= 0.6 is 0 Å². The van der Waals surface area contributed by atoms with Crippen LogP contribution in [0, 0.1) is 0 Å². The van der Waals surface area contributed by atoms with Crippen molar-refractivity contribution >= 4 is 11.6 Å². The summed E-state index contributed by atoms with van der Waals surface area (Å²) in [7, 11) is 0. The molecule has 0 saturated carbocycles. The van der Waals surface area contributed by atoms with E-state index in [1.807, 2.05) is 32.0 Å². The molecule has 0 fully saturated rings. The molecule has 0 aliphatic heterocycles. The van der Waals surface area contributed by atoms with E-state index in [0.29, 0.717) is 5.92 Å². The van der Waals surface area contributed by atoms with Gasteiger partial charge in [0.2, 0.25) is 5.91 Å². The molecular formula is C15H24N2O. The Bertz CT molecular complexity index is 388. The molecule has 0 bridgehead atoms. The summed E-state index contributed by atoms with van der Waals surface area (Å²) in [4.78, 5) is 11.8. The molecule has 1 unspecified atom stereocenters. The van der Waals surface area contributed by atoms with Gasteiger partial charge in [-0.2, -0.15) is 0 Å². The Balaban J connectivity index is 2.69. The maximum absolute atomic E-state index is 11.8. The summed E-state index contributed by atoms with van der Waals surface area (Å²) in [5.74, 6) is 0.495. The van der Waals surface area contributed by atoms with Crippen molar-refractivity contribution in [2.45, 2.75) is 46.1 Å². The SMILES string of the molecule is CCCNC(=O)C(C)Nc1ccccc1C(C)C. The third kappa shape index (κ3) is 4.06. The Morgan fingerprint density at radius 1 is 1.22 bits per heavy atom. The lowest BCUT2D eigenvalue weighted by Crippen LogP contribution is -2.38. The summed E-state index contributed by atoms with van der Waals surface area (Å²) in [6.07, 6.45) is 0.959. The van der Waals surface area contributed by atoms with E-state index in [-0.39, 0.29) is 11.9 Å². The molecule has 0 aliphatic carbocycles. The van der Waals surface area contributed by atoms with Gasteiger partial charge in [-0.25, -0.2) is 0 Å². The number of carbonyl (C=O) groups excluding carboxylic acids is 1. The molecule has 2 N–H and O–H groups in total. The van der Waals surface area contributed by atoms with Gasteiger partial charge < -0.3 is 10.6 Å². The van der Waals surface area contributed by atoms with E-state index < -0.39 is 0 Å². The number of para-hydroxylation sites is 1. The number of benzene rings is 1.